The number of fused-ring (bicyclic) bond motifs is 2. The van der Waals surface area contributed by atoms with Gasteiger partial charge in [0.05, 0.1) is 15.9 Å². The number of rotatable bonds is 2. The first kappa shape index (κ1) is 14.8. The summed E-state index contributed by atoms with van der Waals surface area (Å²) in [5, 5.41) is 0.984. The molecule has 5 rings (SSSR count). The van der Waals surface area contributed by atoms with E-state index >= 15 is 0 Å². The Morgan fingerprint density at radius 2 is 1.64 bits per heavy atom. The zero-order valence-electron chi connectivity index (χ0n) is 13.1. The van der Waals surface area contributed by atoms with Gasteiger partial charge in [-0.05, 0) is 36.4 Å². The lowest BCUT2D eigenvalue weighted by atomic mass is 10.1. The van der Waals surface area contributed by atoms with Crippen LogP contribution in [0.5, 0.6) is 0 Å². The maximum atomic E-state index is 4.87. The smallest absolute Gasteiger partial charge is 0.143 e. The second-order valence-electron chi connectivity index (χ2n) is 5.73. The number of halogens is 1. The molecule has 3 nitrogen and oxygen atoms in total. The lowest BCUT2D eigenvalue weighted by molar-refractivity contribution is 1.18. The average Bonchev–Trinajstić information content (AvgIpc) is 3.23. The first-order valence-corrected chi connectivity index (χ1v) is 9.49. The Morgan fingerprint density at radius 3 is 2.48 bits per heavy atom. The molecule has 0 N–H and O–H groups in total. The van der Waals surface area contributed by atoms with Crippen LogP contribution in [-0.4, -0.2) is 14.4 Å². The Labute approximate surface area is 156 Å². The summed E-state index contributed by atoms with van der Waals surface area (Å²) in [4.78, 5) is 9.73. The van der Waals surface area contributed by atoms with Crippen molar-refractivity contribution >= 4 is 43.1 Å². The molecule has 0 aliphatic carbocycles. The van der Waals surface area contributed by atoms with Crippen LogP contribution in [0, 0.1) is 0 Å². The van der Waals surface area contributed by atoms with E-state index in [9.17, 15) is 0 Å². The third kappa shape index (κ3) is 2.47. The summed E-state index contributed by atoms with van der Waals surface area (Å²) in [6, 6.07) is 22.6. The van der Waals surface area contributed by atoms with E-state index in [0.717, 1.165) is 37.6 Å². The van der Waals surface area contributed by atoms with Crippen molar-refractivity contribution in [2.45, 2.75) is 0 Å². The van der Waals surface area contributed by atoms with Gasteiger partial charge in [-0.15, -0.1) is 11.3 Å². The predicted octanol–water partition coefficient (Wildman–Crippen LogP) is 6.04. The zero-order chi connectivity index (χ0) is 16.8. The molecule has 5 heteroatoms. The summed E-state index contributed by atoms with van der Waals surface area (Å²) in [6.07, 6.45) is 2.05. The van der Waals surface area contributed by atoms with Gasteiger partial charge in [0.25, 0.3) is 0 Å². The van der Waals surface area contributed by atoms with Crippen molar-refractivity contribution in [3.63, 3.8) is 0 Å². The van der Waals surface area contributed by atoms with Crippen molar-refractivity contribution < 1.29 is 0 Å². The third-order valence-electron chi connectivity index (χ3n) is 4.14. The predicted molar refractivity (Wildman–Crippen MR) is 107 cm³/mol. The molecule has 5 aromatic rings. The monoisotopic (exact) mass is 405 g/mol. The fraction of sp³-hybridized carbons (Fsp3) is 0. The van der Waals surface area contributed by atoms with Crippen LogP contribution in [-0.2, 0) is 0 Å². The molecule has 0 bridgehead atoms. The van der Waals surface area contributed by atoms with E-state index in [1.54, 1.807) is 11.3 Å². The van der Waals surface area contributed by atoms with E-state index in [2.05, 4.69) is 50.7 Å². The fourth-order valence-corrected chi connectivity index (χ4v) is 4.26. The minimum Gasteiger partial charge on any atom is -0.297 e. The molecular weight excluding hydrogens is 394 g/mol. The fourth-order valence-electron chi connectivity index (χ4n) is 2.98. The zero-order valence-corrected chi connectivity index (χ0v) is 15.5. The van der Waals surface area contributed by atoms with Crippen LogP contribution in [0.3, 0.4) is 0 Å². The third-order valence-corrected chi connectivity index (χ3v) is 5.72. The molecule has 0 fully saturated rings. The highest BCUT2D eigenvalue weighted by atomic mass is 79.9. The summed E-state index contributed by atoms with van der Waals surface area (Å²) in [5.41, 5.74) is 5.03. The Hall–Kier alpha value is -2.50. The van der Waals surface area contributed by atoms with Crippen LogP contribution in [0.25, 0.3) is 37.8 Å². The first-order valence-electron chi connectivity index (χ1n) is 7.88. The molecule has 0 saturated heterocycles. The summed E-state index contributed by atoms with van der Waals surface area (Å²) in [6.45, 7) is 0. The van der Waals surface area contributed by atoms with E-state index in [0.29, 0.717) is 0 Å². The Balaban J connectivity index is 1.83. The number of pyridine rings is 1. The molecule has 0 aliphatic rings. The topological polar surface area (TPSA) is 30.2 Å². The van der Waals surface area contributed by atoms with Crippen LogP contribution < -0.4 is 0 Å². The van der Waals surface area contributed by atoms with Gasteiger partial charge < -0.3 is 0 Å². The molecule has 3 heterocycles. The highest BCUT2D eigenvalue weighted by Crippen LogP contribution is 2.37. The Kier molecular flexibility index (Phi) is 3.43. The molecule has 0 unspecified atom stereocenters. The number of hydrogen-bond donors (Lipinski definition) is 0. The number of aromatic nitrogens is 3. The highest BCUT2D eigenvalue weighted by Gasteiger charge is 2.18. The molecule has 3 aromatic heterocycles. The van der Waals surface area contributed by atoms with E-state index < -0.39 is 0 Å². The van der Waals surface area contributed by atoms with Gasteiger partial charge in [0, 0.05) is 16.2 Å². The van der Waals surface area contributed by atoms with Gasteiger partial charge in [-0.25, -0.2) is 9.97 Å². The molecule has 0 radical (unpaired) electrons. The van der Waals surface area contributed by atoms with E-state index in [1.165, 1.54) is 4.70 Å². The van der Waals surface area contributed by atoms with Crippen LogP contribution in [0.4, 0.5) is 0 Å². The van der Waals surface area contributed by atoms with Gasteiger partial charge in [-0.2, -0.15) is 0 Å². The second-order valence-corrected chi connectivity index (χ2v) is 7.68. The number of imidazole rings is 1. The Morgan fingerprint density at radius 1 is 0.840 bits per heavy atom. The minimum atomic E-state index is 0.926. The summed E-state index contributed by atoms with van der Waals surface area (Å²) < 4.78 is 4.36. The van der Waals surface area contributed by atoms with Crippen molar-refractivity contribution in [2.24, 2.45) is 0 Å². The summed E-state index contributed by atoms with van der Waals surface area (Å²) in [7, 11) is 0. The van der Waals surface area contributed by atoms with Gasteiger partial charge in [0.1, 0.15) is 16.3 Å². The van der Waals surface area contributed by atoms with Crippen molar-refractivity contribution in [1.82, 2.24) is 14.4 Å². The maximum absolute atomic E-state index is 4.87. The Bertz CT molecular complexity index is 1170. The van der Waals surface area contributed by atoms with Gasteiger partial charge in [-0.1, -0.05) is 46.3 Å². The van der Waals surface area contributed by atoms with E-state index in [4.69, 9.17) is 9.97 Å². The molecule has 0 saturated carbocycles. The quantitative estimate of drug-likeness (QED) is 0.358. The SMILES string of the molecule is Brc1ccc(-c2nc3ccccn3c2-c2nc3ccccc3s2)cc1. The largest absolute Gasteiger partial charge is 0.297 e. The number of hydrogen-bond acceptors (Lipinski definition) is 3. The van der Waals surface area contributed by atoms with Crippen LogP contribution in [0.1, 0.15) is 0 Å². The summed E-state index contributed by atoms with van der Waals surface area (Å²) in [5.74, 6) is 0. The second kappa shape index (κ2) is 5.79. The highest BCUT2D eigenvalue weighted by molar-refractivity contribution is 9.10. The molecule has 0 spiro atoms. The van der Waals surface area contributed by atoms with Gasteiger partial charge >= 0.3 is 0 Å². The van der Waals surface area contributed by atoms with Gasteiger partial charge in [0.2, 0.25) is 0 Å². The van der Waals surface area contributed by atoms with Crippen LogP contribution in [0.15, 0.2) is 77.4 Å². The molecule has 2 aromatic carbocycles. The van der Waals surface area contributed by atoms with Gasteiger partial charge in [-0.3, -0.25) is 4.40 Å². The van der Waals surface area contributed by atoms with Crippen LogP contribution >= 0.6 is 27.3 Å². The van der Waals surface area contributed by atoms with E-state index in [1.807, 2.05) is 42.6 Å². The molecule has 0 atom stereocenters. The molecule has 0 aliphatic heterocycles. The minimum absolute atomic E-state index is 0.926. The van der Waals surface area contributed by atoms with Gasteiger partial charge in [0.15, 0.2) is 0 Å². The van der Waals surface area contributed by atoms with Crippen molar-refractivity contribution in [2.75, 3.05) is 0 Å². The number of thiazole rings is 1. The van der Waals surface area contributed by atoms with Crippen molar-refractivity contribution in [1.29, 1.82) is 0 Å². The lowest BCUT2D eigenvalue weighted by Crippen LogP contribution is -1.88. The number of para-hydroxylation sites is 1. The average molecular weight is 406 g/mol. The molecular formula is C20H12BrN3S. The van der Waals surface area contributed by atoms with Crippen LogP contribution in [0.2, 0.25) is 0 Å². The molecule has 0 amide bonds. The maximum Gasteiger partial charge on any atom is 0.143 e. The molecule has 25 heavy (non-hydrogen) atoms. The number of nitrogens with zero attached hydrogens (tertiary/aromatic N) is 3. The lowest BCUT2D eigenvalue weighted by Gasteiger charge is -2.02. The normalized spacial score (nSPS) is 11.4. The number of benzene rings is 2. The first-order chi connectivity index (χ1) is 12.3. The standard InChI is InChI=1S/C20H12BrN3S/c21-14-10-8-13(9-11-14)18-19(24-12-4-3-7-17(24)23-18)20-22-15-5-1-2-6-16(15)25-20/h1-12H. The summed E-state index contributed by atoms with van der Waals surface area (Å²) >= 11 is 5.20. The van der Waals surface area contributed by atoms with Crippen molar-refractivity contribution in [3.8, 4) is 22.0 Å². The van der Waals surface area contributed by atoms with Crippen molar-refractivity contribution in [3.05, 3.63) is 77.4 Å². The molecule has 120 valence electrons. The van der Waals surface area contributed by atoms with E-state index in [-0.39, 0.29) is 0 Å².